The Morgan fingerprint density at radius 3 is 2.54 bits per heavy atom. The first kappa shape index (κ1) is 10.4. The molecule has 0 spiro atoms. The van der Waals surface area contributed by atoms with E-state index in [9.17, 15) is 4.79 Å². The predicted octanol–water partition coefficient (Wildman–Crippen LogP) is 1.81. The predicted molar refractivity (Wildman–Crippen MR) is 52.0 cm³/mol. The second kappa shape index (κ2) is 5.12. The molecule has 1 aliphatic heterocycles. The normalized spacial score (nSPS) is 18.3. The molecule has 1 aliphatic rings. The number of carbonyl (C=O) groups excluding carboxylic acids is 1. The number of aliphatic imine (C=N–C) groups is 1. The Kier molecular flexibility index (Phi) is 4.09. The van der Waals surface area contributed by atoms with Crippen molar-refractivity contribution in [3.05, 3.63) is 0 Å². The zero-order valence-electron chi connectivity index (χ0n) is 8.38. The van der Waals surface area contributed by atoms with Gasteiger partial charge in [-0.25, -0.2) is 4.99 Å². The second-order valence-electron chi connectivity index (χ2n) is 3.71. The Bertz CT molecular complexity index is 201. The van der Waals surface area contributed by atoms with Crippen LogP contribution in [-0.2, 0) is 9.53 Å². The number of carbonyl (C=O) groups is 1. The largest absolute Gasteiger partial charge is 0.381 e. The first-order valence-corrected chi connectivity index (χ1v) is 4.81. The van der Waals surface area contributed by atoms with Gasteiger partial charge in [0.2, 0.25) is 5.91 Å². The van der Waals surface area contributed by atoms with E-state index < -0.39 is 0 Å². The highest BCUT2D eigenvalue weighted by Crippen LogP contribution is 2.18. The van der Waals surface area contributed by atoms with Crippen molar-refractivity contribution in [3.63, 3.8) is 0 Å². The minimum Gasteiger partial charge on any atom is -0.381 e. The Morgan fingerprint density at radius 1 is 1.38 bits per heavy atom. The van der Waals surface area contributed by atoms with Crippen molar-refractivity contribution in [1.29, 1.82) is 0 Å². The second-order valence-corrected chi connectivity index (χ2v) is 3.71. The SMILES string of the molecule is CC(C)=NC(=O)CC1CCOCC1. The molecule has 3 heteroatoms. The fraction of sp³-hybridized carbons (Fsp3) is 0.800. The van der Waals surface area contributed by atoms with Gasteiger partial charge >= 0.3 is 0 Å². The van der Waals surface area contributed by atoms with E-state index in [0.717, 1.165) is 31.8 Å². The monoisotopic (exact) mass is 183 g/mol. The molecule has 0 aromatic carbocycles. The van der Waals surface area contributed by atoms with Gasteiger partial charge in [0.05, 0.1) is 0 Å². The van der Waals surface area contributed by atoms with Crippen molar-refractivity contribution in [3.8, 4) is 0 Å². The van der Waals surface area contributed by atoms with Crippen molar-refractivity contribution in [2.75, 3.05) is 13.2 Å². The van der Waals surface area contributed by atoms with Crippen LogP contribution >= 0.6 is 0 Å². The highest BCUT2D eigenvalue weighted by atomic mass is 16.5. The summed E-state index contributed by atoms with van der Waals surface area (Å²) in [5, 5.41) is 0. The van der Waals surface area contributed by atoms with Crippen LogP contribution in [0.1, 0.15) is 33.1 Å². The summed E-state index contributed by atoms with van der Waals surface area (Å²) in [6.45, 7) is 5.29. The lowest BCUT2D eigenvalue weighted by Gasteiger charge is -2.20. The standard InChI is InChI=1S/C10H17NO2/c1-8(2)11-10(12)7-9-3-5-13-6-4-9/h9H,3-7H2,1-2H3. The number of hydrogen-bond donors (Lipinski definition) is 0. The van der Waals surface area contributed by atoms with E-state index in [0.29, 0.717) is 12.3 Å². The lowest BCUT2D eigenvalue weighted by atomic mass is 9.96. The molecule has 0 aromatic rings. The van der Waals surface area contributed by atoms with Gasteiger partial charge in [0, 0.05) is 25.3 Å². The summed E-state index contributed by atoms with van der Waals surface area (Å²) in [6.07, 6.45) is 2.60. The molecule has 0 radical (unpaired) electrons. The maximum absolute atomic E-state index is 11.3. The molecule has 0 aromatic heterocycles. The zero-order chi connectivity index (χ0) is 9.68. The smallest absolute Gasteiger partial charge is 0.245 e. The summed E-state index contributed by atoms with van der Waals surface area (Å²) in [6, 6.07) is 0. The van der Waals surface area contributed by atoms with Crippen LogP contribution in [0.4, 0.5) is 0 Å². The molecule has 0 aliphatic carbocycles. The van der Waals surface area contributed by atoms with Gasteiger partial charge in [-0.15, -0.1) is 0 Å². The van der Waals surface area contributed by atoms with Crippen LogP contribution in [0.3, 0.4) is 0 Å². The zero-order valence-corrected chi connectivity index (χ0v) is 8.38. The third-order valence-electron chi connectivity index (χ3n) is 2.15. The van der Waals surface area contributed by atoms with Crippen molar-refractivity contribution in [2.24, 2.45) is 10.9 Å². The number of nitrogens with zero attached hydrogens (tertiary/aromatic N) is 1. The summed E-state index contributed by atoms with van der Waals surface area (Å²) in [7, 11) is 0. The summed E-state index contributed by atoms with van der Waals surface area (Å²) in [4.78, 5) is 15.2. The molecule has 0 bridgehead atoms. The highest BCUT2D eigenvalue weighted by Gasteiger charge is 2.16. The third-order valence-corrected chi connectivity index (χ3v) is 2.15. The number of rotatable bonds is 2. The molecular formula is C10H17NO2. The van der Waals surface area contributed by atoms with Gasteiger partial charge in [-0.1, -0.05) is 0 Å². The molecule has 13 heavy (non-hydrogen) atoms. The van der Waals surface area contributed by atoms with Gasteiger partial charge in [0.1, 0.15) is 0 Å². The molecule has 1 heterocycles. The van der Waals surface area contributed by atoms with Gasteiger partial charge in [-0.2, -0.15) is 0 Å². The number of hydrogen-bond acceptors (Lipinski definition) is 2. The molecular weight excluding hydrogens is 166 g/mol. The van der Waals surface area contributed by atoms with E-state index in [1.165, 1.54) is 0 Å². The van der Waals surface area contributed by atoms with E-state index in [-0.39, 0.29) is 5.91 Å². The number of ether oxygens (including phenoxy) is 1. The van der Waals surface area contributed by atoms with Gasteiger partial charge < -0.3 is 4.74 Å². The molecule has 0 unspecified atom stereocenters. The van der Waals surface area contributed by atoms with Crippen LogP contribution in [0.25, 0.3) is 0 Å². The van der Waals surface area contributed by atoms with E-state index >= 15 is 0 Å². The Morgan fingerprint density at radius 2 is 2.00 bits per heavy atom. The summed E-state index contributed by atoms with van der Waals surface area (Å²) in [5.74, 6) is 0.510. The van der Waals surface area contributed by atoms with Crippen LogP contribution in [0, 0.1) is 5.92 Å². The molecule has 74 valence electrons. The van der Waals surface area contributed by atoms with E-state index in [2.05, 4.69) is 4.99 Å². The average molecular weight is 183 g/mol. The van der Waals surface area contributed by atoms with Crippen molar-refractivity contribution in [2.45, 2.75) is 33.1 Å². The van der Waals surface area contributed by atoms with Crippen molar-refractivity contribution >= 4 is 11.6 Å². The maximum Gasteiger partial charge on any atom is 0.245 e. The molecule has 1 amide bonds. The molecule has 1 saturated heterocycles. The fourth-order valence-electron chi connectivity index (χ4n) is 1.49. The minimum atomic E-state index is 0.0203. The minimum absolute atomic E-state index is 0.0203. The van der Waals surface area contributed by atoms with E-state index in [4.69, 9.17) is 4.74 Å². The fourth-order valence-corrected chi connectivity index (χ4v) is 1.49. The highest BCUT2D eigenvalue weighted by molar-refractivity contribution is 5.93. The average Bonchev–Trinajstić information content (AvgIpc) is 2.04. The quantitative estimate of drug-likeness (QED) is 0.612. The van der Waals surface area contributed by atoms with Gasteiger partial charge in [-0.05, 0) is 32.6 Å². The molecule has 1 fully saturated rings. The van der Waals surface area contributed by atoms with Crippen LogP contribution in [-0.4, -0.2) is 24.8 Å². The van der Waals surface area contributed by atoms with E-state index in [1.54, 1.807) is 0 Å². The Hall–Kier alpha value is -0.700. The lowest BCUT2D eigenvalue weighted by molar-refractivity contribution is -0.119. The third kappa shape index (κ3) is 4.18. The molecule has 0 atom stereocenters. The van der Waals surface area contributed by atoms with Gasteiger partial charge in [0.25, 0.3) is 0 Å². The van der Waals surface area contributed by atoms with Crippen molar-refractivity contribution in [1.82, 2.24) is 0 Å². The maximum atomic E-state index is 11.3. The summed E-state index contributed by atoms with van der Waals surface area (Å²) >= 11 is 0. The van der Waals surface area contributed by atoms with Gasteiger partial charge in [0.15, 0.2) is 0 Å². The lowest BCUT2D eigenvalue weighted by Crippen LogP contribution is -2.18. The van der Waals surface area contributed by atoms with Crippen LogP contribution in [0.15, 0.2) is 4.99 Å². The number of amides is 1. The Balaban J connectivity index is 2.30. The van der Waals surface area contributed by atoms with Crippen LogP contribution < -0.4 is 0 Å². The van der Waals surface area contributed by atoms with Crippen LogP contribution in [0.2, 0.25) is 0 Å². The van der Waals surface area contributed by atoms with Crippen molar-refractivity contribution < 1.29 is 9.53 Å². The molecule has 3 nitrogen and oxygen atoms in total. The molecule has 0 N–H and O–H groups in total. The molecule has 1 rings (SSSR count). The van der Waals surface area contributed by atoms with E-state index in [1.807, 2.05) is 13.8 Å². The molecule has 0 saturated carbocycles. The first-order chi connectivity index (χ1) is 6.18. The summed E-state index contributed by atoms with van der Waals surface area (Å²) < 4.78 is 5.22. The first-order valence-electron chi connectivity index (χ1n) is 4.81. The summed E-state index contributed by atoms with van der Waals surface area (Å²) in [5.41, 5.74) is 0.844. The Labute approximate surface area is 79.2 Å². The topological polar surface area (TPSA) is 38.7 Å². The van der Waals surface area contributed by atoms with Crippen LogP contribution in [0.5, 0.6) is 0 Å². The van der Waals surface area contributed by atoms with Gasteiger partial charge in [-0.3, -0.25) is 4.79 Å².